The van der Waals surface area contributed by atoms with Gasteiger partial charge in [0, 0.05) is 13.0 Å². The first-order valence-corrected chi connectivity index (χ1v) is 12.4. The van der Waals surface area contributed by atoms with Gasteiger partial charge in [0.1, 0.15) is 17.7 Å². The lowest BCUT2D eigenvalue weighted by Crippen LogP contribution is -2.60. The molecule has 0 aromatic carbocycles. The largest absolute Gasteiger partial charge is 0.444 e. The summed E-state index contributed by atoms with van der Waals surface area (Å²) in [7, 11) is 0. The Morgan fingerprint density at radius 1 is 1.03 bits per heavy atom. The molecule has 2 unspecified atom stereocenters. The number of alkyl carbamates (subject to hydrolysis) is 1. The van der Waals surface area contributed by atoms with Gasteiger partial charge in [-0.05, 0) is 49.9 Å². The van der Waals surface area contributed by atoms with Crippen LogP contribution in [-0.4, -0.2) is 71.2 Å². The molecule has 0 radical (unpaired) electrons. The Morgan fingerprint density at radius 2 is 1.59 bits per heavy atom. The Morgan fingerprint density at radius 3 is 2.05 bits per heavy atom. The topological polar surface area (TPSA) is 148 Å². The van der Waals surface area contributed by atoms with Gasteiger partial charge in [-0.3, -0.25) is 19.2 Å². The molecule has 37 heavy (non-hydrogen) atoms. The summed E-state index contributed by atoms with van der Waals surface area (Å²) in [4.78, 5) is 64.8. The molecule has 12 heteroatoms. The van der Waals surface area contributed by atoms with E-state index in [0.29, 0.717) is 0 Å². The smallest absolute Gasteiger partial charge is 0.408 e. The standard InChI is InChI=1S/C25H40F2N4O6/c1-23(2,3)18(30-22(36)37-24(4,5)6)21(35)31-11-12-15(25(12,7)8)16(31)20(34)29-13(9-10-14(26)27)17(32)19(28)33/h12-16,18H,9-11H2,1-8H3,(H2,28,33)(H,29,34)(H,30,36)/t12-,13?,15?,16-,18+/m0/s1. The van der Waals surface area contributed by atoms with Crippen LogP contribution in [0.15, 0.2) is 0 Å². The summed E-state index contributed by atoms with van der Waals surface area (Å²) >= 11 is 0. The number of carbonyl (C=O) groups is 5. The maximum absolute atomic E-state index is 13.8. The molecule has 0 aromatic rings. The summed E-state index contributed by atoms with van der Waals surface area (Å²) in [6, 6.07) is -3.59. The number of nitrogens with zero attached hydrogens (tertiary/aromatic N) is 1. The van der Waals surface area contributed by atoms with Crippen LogP contribution in [0.3, 0.4) is 0 Å². The Hall–Kier alpha value is -2.79. The zero-order valence-electron chi connectivity index (χ0n) is 22.8. The number of ether oxygens (including phenoxy) is 1. The fourth-order valence-corrected chi connectivity index (χ4v) is 5.04. The maximum atomic E-state index is 13.8. The number of nitrogens with one attached hydrogen (secondary N) is 2. The summed E-state index contributed by atoms with van der Waals surface area (Å²) in [6.45, 7) is 14.5. The summed E-state index contributed by atoms with van der Waals surface area (Å²) in [5, 5.41) is 5.02. The number of ketones is 1. The SMILES string of the molecule is CC(C)(C)OC(=O)N[C@H](C(=O)N1C[C@H]2C([C@H]1C(=O)NC(CCC(F)F)C(=O)C(N)=O)C2(C)C)C(C)(C)C. The van der Waals surface area contributed by atoms with Crippen molar-refractivity contribution in [3.8, 4) is 0 Å². The molecule has 4 N–H and O–H groups in total. The molecule has 4 amide bonds. The number of nitrogens with two attached hydrogens (primary N) is 1. The minimum absolute atomic E-state index is 0.0132. The van der Waals surface area contributed by atoms with Crippen LogP contribution in [0.2, 0.25) is 0 Å². The monoisotopic (exact) mass is 530 g/mol. The van der Waals surface area contributed by atoms with Crippen LogP contribution in [0, 0.1) is 22.7 Å². The van der Waals surface area contributed by atoms with Crippen molar-refractivity contribution >= 4 is 29.6 Å². The van der Waals surface area contributed by atoms with Crippen molar-refractivity contribution in [2.75, 3.05) is 6.54 Å². The van der Waals surface area contributed by atoms with Gasteiger partial charge >= 0.3 is 6.09 Å². The van der Waals surface area contributed by atoms with E-state index in [2.05, 4.69) is 10.6 Å². The van der Waals surface area contributed by atoms with E-state index in [4.69, 9.17) is 10.5 Å². The average Bonchev–Trinajstić information content (AvgIpc) is 3.07. The van der Waals surface area contributed by atoms with E-state index < -0.39 is 78.0 Å². The van der Waals surface area contributed by atoms with Gasteiger partial charge in [-0.25, -0.2) is 13.6 Å². The number of hydrogen-bond donors (Lipinski definition) is 3. The quantitative estimate of drug-likeness (QED) is 0.389. The number of rotatable bonds is 9. The third kappa shape index (κ3) is 7.16. The highest BCUT2D eigenvalue weighted by molar-refractivity contribution is 6.37. The average molecular weight is 531 g/mol. The van der Waals surface area contributed by atoms with Crippen LogP contribution in [0.25, 0.3) is 0 Å². The van der Waals surface area contributed by atoms with Crippen LogP contribution >= 0.6 is 0 Å². The van der Waals surface area contributed by atoms with Crippen LogP contribution in [0.1, 0.15) is 68.2 Å². The zero-order valence-corrected chi connectivity index (χ0v) is 22.8. The van der Waals surface area contributed by atoms with E-state index in [1.807, 2.05) is 13.8 Å². The fraction of sp³-hybridized carbons (Fsp3) is 0.800. The molecule has 1 saturated carbocycles. The van der Waals surface area contributed by atoms with Crippen molar-refractivity contribution in [3.63, 3.8) is 0 Å². The van der Waals surface area contributed by atoms with E-state index in [1.54, 1.807) is 41.5 Å². The molecule has 2 aliphatic rings. The number of hydrogen-bond acceptors (Lipinski definition) is 6. The molecule has 2 rings (SSSR count). The van der Waals surface area contributed by atoms with Gasteiger partial charge in [-0.2, -0.15) is 0 Å². The number of fused-ring (bicyclic) bond motifs is 1. The lowest BCUT2D eigenvalue weighted by molar-refractivity contribution is -0.145. The van der Waals surface area contributed by atoms with Crippen LogP contribution in [-0.2, 0) is 23.9 Å². The number of Topliss-reactive ketones (excluding diaryl/α,β-unsaturated/α-hetero) is 1. The molecule has 1 aliphatic carbocycles. The Labute approximate surface area is 216 Å². The predicted molar refractivity (Wildman–Crippen MR) is 130 cm³/mol. The van der Waals surface area contributed by atoms with Crippen molar-refractivity contribution in [1.29, 1.82) is 0 Å². The highest BCUT2D eigenvalue weighted by Gasteiger charge is 2.70. The summed E-state index contributed by atoms with van der Waals surface area (Å²) < 4.78 is 30.9. The van der Waals surface area contributed by atoms with Crippen molar-refractivity contribution in [2.45, 2.75) is 98.4 Å². The Balaban J connectivity index is 2.32. The predicted octanol–water partition coefficient (Wildman–Crippen LogP) is 1.99. The van der Waals surface area contributed by atoms with E-state index in [0.717, 1.165) is 0 Å². The first-order chi connectivity index (χ1) is 16.7. The van der Waals surface area contributed by atoms with Gasteiger partial charge < -0.3 is 26.0 Å². The number of piperidine rings is 1. The van der Waals surface area contributed by atoms with E-state index >= 15 is 0 Å². The first kappa shape index (κ1) is 30.4. The minimum atomic E-state index is -2.75. The molecule has 210 valence electrons. The van der Waals surface area contributed by atoms with Gasteiger partial charge in [0.15, 0.2) is 0 Å². The molecule has 1 heterocycles. The molecule has 0 spiro atoms. The first-order valence-electron chi connectivity index (χ1n) is 12.4. The molecule has 10 nitrogen and oxygen atoms in total. The second-order valence-electron chi connectivity index (χ2n) is 12.6. The van der Waals surface area contributed by atoms with Gasteiger partial charge in [0.2, 0.25) is 24.0 Å². The van der Waals surface area contributed by atoms with Crippen LogP contribution in [0.4, 0.5) is 13.6 Å². The normalized spacial score (nSPS) is 24.1. The summed E-state index contributed by atoms with van der Waals surface area (Å²) in [6.07, 6.45) is -4.73. The maximum Gasteiger partial charge on any atom is 0.408 e. The highest BCUT2D eigenvalue weighted by atomic mass is 19.3. The molecule has 1 aliphatic heterocycles. The number of alkyl halides is 2. The van der Waals surface area contributed by atoms with Gasteiger partial charge in [-0.1, -0.05) is 34.6 Å². The van der Waals surface area contributed by atoms with Gasteiger partial charge in [0.05, 0.1) is 6.04 Å². The number of amides is 4. The molecule has 0 aromatic heterocycles. The second-order valence-corrected chi connectivity index (χ2v) is 12.6. The molecular formula is C25H40F2N4O6. The highest BCUT2D eigenvalue weighted by Crippen LogP contribution is 2.65. The van der Waals surface area contributed by atoms with Crippen molar-refractivity contribution in [3.05, 3.63) is 0 Å². The zero-order chi connectivity index (χ0) is 28.7. The van der Waals surface area contributed by atoms with Crippen LogP contribution in [0.5, 0.6) is 0 Å². The third-order valence-electron chi connectivity index (χ3n) is 7.08. The number of carbonyl (C=O) groups excluding carboxylic acids is 5. The minimum Gasteiger partial charge on any atom is -0.444 e. The lowest BCUT2D eigenvalue weighted by Gasteiger charge is -2.38. The van der Waals surface area contributed by atoms with Crippen molar-refractivity contribution in [2.24, 2.45) is 28.4 Å². The Kier molecular flexibility index (Phi) is 8.66. The van der Waals surface area contributed by atoms with Crippen molar-refractivity contribution < 1.29 is 37.5 Å². The number of primary amides is 1. The van der Waals surface area contributed by atoms with Crippen molar-refractivity contribution in [1.82, 2.24) is 15.5 Å². The molecular weight excluding hydrogens is 490 g/mol. The fourth-order valence-electron chi connectivity index (χ4n) is 5.04. The van der Waals surface area contributed by atoms with Gasteiger partial charge in [0.25, 0.3) is 5.91 Å². The van der Waals surface area contributed by atoms with Gasteiger partial charge in [-0.15, -0.1) is 0 Å². The molecule has 0 bridgehead atoms. The van der Waals surface area contributed by atoms with E-state index in [9.17, 15) is 32.8 Å². The van der Waals surface area contributed by atoms with E-state index in [-0.39, 0.29) is 23.8 Å². The van der Waals surface area contributed by atoms with E-state index in [1.165, 1.54) is 4.90 Å². The Bertz CT molecular complexity index is 940. The second kappa shape index (κ2) is 10.5. The molecule has 2 fully saturated rings. The summed E-state index contributed by atoms with van der Waals surface area (Å²) in [5.74, 6) is -4.04. The lowest BCUT2D eigenvalue weighted by atomic mass is 9.85. The molecule has 5 atom stereocenters. The molecule has 1 saturated heterocycles. The summed E-state index contributed by atoms with van der Waals surface area (Å²) in [5.41, 5.74) is 3.24. The third-order valence-corrected chi connectivity index (χ3v) is 7.08. The van der Waals surface area contributed by atoms with Crippen LogP contribution < -0.4 is 16.4 Å². The number of likely N-dealkylation sites (tertiary alicyclic amines) is 1. The number of halogens is 2.